The van der Waals surface area contributed by atoms with Crippen LogP contribution in [-0.4, -0.2) is 97.1 Å². The molecule has 1 atom stereocenters. The van der Waals surface area contributed by atoms with E-state index in [2.05, 4.69) is 61.6 Å². The Morgan fingerprint density at radius 1 is 1.21 bits per heavy atom. The molecule has 188 valence electrons. The molecule has 3 aliphatic rings. The highest BCUT2D eigenvalue weighted by molar-refractivity contribution is 5.79. The van der Waals surface area contributed by atoms with Crippen molar-refractivity contribution in [2.45, 2.75) is 57.5 Å². The van der Waals surface area contributed by atoms with Crippen molar-refractivity contribution in [1.82, 2.24) is 25.3 Å². The van der Waals surface area contributed by atoms with Crippen molar-refractivity contribution in [3.05, 3.63) is 29.7 Å². The first-order valence-corrected chi connectivity index (χ1v) is 13.2. The highest BCUT2D eigenvalue weighted by atomic mass is 16.3. The number of aliphatic hydroxyl groups excluding tert-OH is 1. The predicted molar refractivity (Wildman–Crippen MR) is 141 cm³/mol. The van der Waals surface area contributed by atoms with E-state index < -0.39 is 0 Å². The number of piperidine rings is 1. The van der Waals surface area contributed by atoms with E-state index >= 15 is 0 Å². The molecule has 0 spiro atoms. The first-order chi connectivity index (χ1) is 16.6. The molecule has 8 heteroatoms. The lowest BCUT2D eigenvalue weighted by Gasteiger charge is -2.41. The molecule has 0 amide bonds. The zero-order chi connectivity index (χ0) is 23.9. The van der Waals surface area contributed by atoms with Gasteiger partial charge in [0.05, 0.1) is 11.4 Å². The summed E-state index contributed by atoms with van der Waals surface area (Å²) in [5.41, 5.74) is 2.65. The standard InChI is InChI=1S/C26H43N7O/c1-4-20(9-12-27-2)32-14-10-21(11-15-32)31(3)17-18-33-16-13-28-26-24(33)19-23(29-30-26)22-7-5-6-8-25(22)34/h7-8,19-21,27,34H,4-6,9-18H2,1-3H3,(H,28,30). The molecule has 1 aliphatic carbocycles. The molecule has 34 heavy (non-hydrogen) atoms. The Morgan fingerprint density at radius 3 is 2.74 bits per heavy atom. The van der Waals surface area contributed by atoms with Crippen molar-refractivity contribution in [1.29, 1.82) is 0 Å². The van der Waals surface area contributed by atoms with Crippen molar-refractivity contribution in [3.63, 3.8) is 0 Å². The van der Waals surface area contributed by atoms with E-state index in [1.165, 1.54) is 38.8 Å². The van der Waals surface area contributed by atoms with Crippen molar-refractivity contribution in [3.8, 4) is 0 Å². The number of hydrogen-bond donors (Lipinski definition) is 3. The molecule has 3 N–H and O–H groups in total. The van der Waals surface area contributed by atoms with Gasteiger partial charge in [-0.2, -0.15) is 0 Å². The second-order valence-electron chi connectivity index (χ2n) is 9.86. The summed E-state index contributed by atoms with van der Waals surface area (Å²) in [5, 5.41) is 25.8. The highest BCUT2D eigenvalue weighted by Gasteiger charge is 2.27. The summed E-state index contributed by atoms with van der Waals surface area (Å²) in [6.07, 6.45) is 10.7. The summed E-state index contributed by atoms with van der Waals surface area (Å²) in [6.45, 7) is 9.67. The minimum Gasteiger partial charge on any atom is -0.508 e. The fraction of sp³-hybridized carbons (Fsp3) is 0.692. The minimum absolute atomic E-state index is 0.318. The van der Waals surface area contributed by atoms with Crippen molar-refractivity contribution < 1.29 is 5.11 Å². The number of nitrogens with one attached hydrogen (secondary N) is 2. The molecule has 3 heterocycles. The fourth-order valence-corrected chi connectivity index (χ4v) is 5.55. The van der Waals surface area contributed by atoms with Gasteiger partial charge in [-0.1, -0.05) is 13.0 Å². The van der Waals surface area contributed by atoms with E-state index in [1.54, 1.807) is 0 Å². The summed E-state index contributed by atoms with van der Waals surface area (Å²) in [6, 6.07) is 3.45. The van der Waals surface area contributed by atoms with Crippen LogP contribution in [0.3, 0.4) is 0 Å². The Labute approximate surface area is 205 Å². The van der Waals surface area contributed by atoms with Crippen molar-refractivity contribution in [2.75, 3.05) is 70.1 Å². The summed E-state index contributed by atoms with van der Waals surface area (Å²) in [4.78, 5) is 7.68. The van der Waals surface area contributed by atoms with Crippen LogP contribution in [0, 0.1) is 0 Å². The van der Waals surface area contributed by atoms with Gasteiger partial charge in [0, 0.05) is 43.8 Å². The van der Waals surface area contributed by atoms with Gasteiger partial charge in [0.15, 0.2) is 5.82 Å². The maximum absolute atomic E-state index is 10.3. The number of aliphatic hydroxyl groups is 1. The van der Waals surface area contributed by atoms with E-state index in [4.69, 9.17) is 0 Å². The number of likely N-dealkylation sites (tertiary alicyclic amines) is 1. The first kappa shape index (κ1) is 24.9. The molecular formula is C26H43N7O. The van der Waals surface area contributed by atoms with Crippen LogP contribution in [0.15, 0.2) is 24.0 Å². The maximum atomic E-state index is 10.3. The lowest BCUT2D eigenvalue weighted by molar-refractivity contribution is 0.0927. The van der Waals surface area contributed by atoms with Crippen molar-refractivity contribution >= 4 is 17.1 Å². The average Bonchev–Trinajstić information content (AvgIpc) is 2.88. The number of rotatable bonds is 10. The molecule has 0 aromatic carbocycles. The van der Waals surface area contributed by atoms with Crippen molar-refractivity contribution in [2.24, 2.45) is 0 Å². The van der Waals surface area contributed by atoms with Gasteiger partial charge in [-0.15, -0.1) is 10.2 Å². The molecule has 1 saturated heterocycles. The summed E-state index contributed by atoms with van der Waals surface area (Å²) < 4.78 is 0. The van der Waals surface area contributed by atoms with Gasteiger partial charge in [0.25, 0.3) is 0 Å². The van der Waals surface area contributed by atoms with Crippen LogP contribution >= 0.6 is 0 Å². The van der Waals surface area contributed by atoms with Gasteiger partial charge in [0.1, 0.15) is 5.76 Å². The fourth-order valence-electron chi connectivity index (χ4n) is 5.55. The van der Waals surface area contributed by atoms with Crippen LogP contribution in [0.2, 0.25) is 0 Å². The number of aromatic nitrogens is 2. The number of likely N-dealkylation sites (N-methyl/N-ethyl adjacent to an activating group) is 1. The molecule has 1 fully saturated rings. The molecule has 1 unspecified atom stereocenters. The second kappa shape index (κ2) is 12.0. The summed E-state index contributed by atoms with van der Waals surface area (Å²) in [7, 11) is 4.33. The lowest BCUT2D eigenvalue weighted by Crippen LogP contribution is -2.49. The molecule has 0 bridgehead atoms. The van der Waals surface area contributed by atoms with Gasteiger partial charge < -0.3 is 30.4 Å². The molecule has 8 nitrogen and oxygen atoms in total. The summed E-state index contributed by atoms with van der Waals surface area (Å²) >= 11 is 0. The van der Waals surface area contributed by atoms with Crippen LogP contribution in [0.1, 0.15) is 51.1 Å². The molecule has 0 radical (unpaired) electrons. The lowest BCUT2D eigenvalue weighted by atomic mass is 9.99. The SMILES string of the molecule is CCC(CCNC)N1CCC(N(C)CCN2CCNc3nnc(C4=CCCC=C4O)cc32)CC1. The molecule has 0 saturated carbocycles. The Hall–Kier alpha value is -2.16. The Balaban J connectivity index is 1.33. The van der Waals surface area contributed by atoms with E-state index in [9.17, 15) is 5.11 Å². The molecular weight excluding hydrogens is 426 g/mol. The monoisotopic (exact) mass is 469 g/mol. The van der Waals surface area contributed by atoms with Crippen LogP contribution in [0.25, 0.3) is 5.57 Å². The number of nitrogens with zero attached hydrogens (tertiary/aromatic N) is 5. The van der Waals surface area contributed by atoms with Gasteiger partial charge >= 0.3 is 0 Å². The maximum Gasteiger partial charge on any atom is 0.172 e. The normalized spacial score (nSPS) is 20.5. The van der Waals surface area contributed by atoms with Gasteiger partial charge in [-0.3, -0.25) is 0 Å². The zero-order valence-electron chi connectivity index (χ0n) is 21.3. The smallest absolute Gasteiger partial charge is 0.172 e. The van der Waals surface area contributed by atoms with Crippen LogP contribution in [0.4, 0.5) is 11.5 Å². The highest BCUT2D eigenvalue weighted by Crippen LogP contribution is 2.32. The Morgan fingerprint density at radius 2 is 2.00 bits per heavy atom. The largest absolute Gasteiger partial charge is 0.508 e. The van der Waals surface area contributed by atoms with Gasteiger partial charge in [-0.25, -0.2) is 0 Å². The van der Waals surface area contributed by atoms with E-state index in [1.807, 2.05) is 13.1 Å². The third-order valence-corrected chi connectivity index (χ3v) is 7.75. The molecule has 4 rings (SSSR count). The molecule has 1 aromatic heterocycles. The van der Waals surface area contributed by atoms with E-state index in [0.29, 0.717) is 17.8 Å². The second-order valence-corrected chi connectivity index (χ2v) is 9.86. The van der Waals surface area contributed by atoms with E-state index in [-0.39, 0.29) is 0 Å². The number of hydrogen-bond acceptors (Lipinski definition) is 8. The van der Waals surface area contributed by atoms with Crippen LogP contribution in [-0.2, 0) is 0 Å². The number of fused-ring (bicyclic) bond motifs is 1. The van der Waals surface area contributed by atoms with Crippen LogP contribution in [0.5, 0.6) is 0 Å². The third-order valence-electron chi connectivity index (χ3n) is 7.75. The summed E-state index contributed by atoms with van der Waals surface area (Å²) in [5.74, 6) is 1.16. The number of allylic oxidation sites excluding steroid dienone is 3. The number of anilines is 2. The average molecular weight is 470 g/mol. The van der Waals surface area contributed by atoms with Crippen LogP contribution < -0.4 is 15.5 Å². The third kappa shape index (κ3) is 5.90. The zero-order valence-corrected chi connectivity index (χ0v) is 21.3. The predicted octanol–water partition coefficient (Wildman–Crippen LogP) is 3.11. The Bertz CT molecular complexity index is 863. The topological polar surface area (TPSA) is 79.8 Å². The van der Waals surface area contributed by atoms with Gasteiger partial charge in [-0.05, 0) is 84.4 Å². The van der Waals surface area contributed by atoms with Gasteiger partial charge in [0.2, 0.25) is 0 Å². The Kier molecular flexibility index (Phi) is 8.80. The van der Waals surface area contributed by atoms with E-state index in [0.717, 1.165) is 68.3 Å². The first-order valence-electron chi connectivity index (χ1n) is 13.2. The molecule has 1 aromatic rings. The quantitative estimate of drug-likeness (QED) is 0.482. The molecule has 2 aliphatic heterocycles. The minimum atomic E-state index is 0.318.